The number of ether oxygens (including phenoxy) is 1. The Kier molecular flexibility index (Phi) is 6.32. The van der Waals surface area contributed by atoms with Gasteiger partial charge in [-0.3, -0.25) is 14.5 Å². The summed E-state index contributed by atoms with van der Waals surface area (Å²) in [5.41, 5.74) is 2.64. The van der Waals surface area contributed by atoms with E-state index in [-0.39, 0.29) is 30.3 Å². The minimum atomic E-state index is -0.276. The summed E-state index contributed by atoms with van der Waals surface area (Å²) < 4.78 is 5.62. The number of Topliss-reactive ketones (excluding diaryl/α,β-unsaturated/α-hetero) is 2. The molecule has 0 bridgehead atoms. The van der Waals surface area contributed by atoms with Crippen LogP contribution in [0.2, 0.25) is 0 Å². The third kappa shape index (κ3) is 3.94. The quantitative estimate of drug-likeness (QED) is 0.743. The maximum atomic E-state index is 12.9. The topological polar surface area (TPSA) is 82.6 Å². The average Bonchev–Trinajstić information content (AvgIpc) is 2.86. The van der Waals surface area contributed by atoms with Gasteiger partial charge in [0.25, 0.3) is 0 Å². The molecule has 2 unspecified atom stereocenters. The molecule has 0 spiro atoms. The number of aliphatic hydroxyl groups excluding tert-OH is 1. The normalized spacial score (nSPS) is 20.1. The second kappa shape index (κ2) is 8.05. The summed E-state index contributed by atoms with van der Waals surface area (Å²) in [7, 11) is 0. The first-order chi connectivity index (χ1) is 11.4. The Hall–Kier alpha value is -1.50. The number of carbonyl (C=O) groups is 2. The van der Waals surface area contributed by atoms with Crippen molar-refractivity contribution in [2.75, 3.05) is 26.3 Å². The van der Waals surface area contributed by atoms with Crippen molar-refractivity contribution in [2.24, 2.45) is 0 Å². The monoisotopic (exact) mass is 336 g/mol. The van der Waals surface area contributed by atoms with E-state index in [1.165, 1.54) is 6.92 Å². The van der Waals surface area contributed by atoms with Crippen molar-refractivity contribution in [2.45, 2.75) is 52.7 Å². The molecule has 1 aliphatic heterocycles. The van der Waals surface area contributed by atoms with Gasteiger partial charge in [-0.1, -0.05) is 0 Å². The van der Waals surface area contributed by atoms with E-state index in [0.29, 0.717) is 24.4 Å². The van der Waals surface area contributed by atoms with Crippen molar-refractivity contribution < 1.29 is 19.4 Å². The van der Waals surface area contributed by atoms with Crippen LogP contribution in [-0.4, -0.2) is 65.0 Å². The number of aryl methyl sites for hydroxylation is 1. The Labute approximate surface area is 143 Å². The summed E-state index contributed by atoms with van der Waals surface area (Å²) in [4.78, 5) is 29.9. The number of rotatable bonds is 7. The molecule has 0 aromatic carbocycles. The van der Waals surface area contributed by atoms with Gasteiger partial charge in [-0.2, -0.15) is 0 Å². The Bertz CT molecular complexity index is 608. The highest BCUT2D eigenvalue weighted by Gasteiger charge is 2.30. The molecule has 0 radical (unpaired) electrons. The van der Waals surface area contributed by atoms with Crippen LogP contribution in [0.15, 0.2) is 0 Å². The van der Waals surface area contributed by atoms with Gasteiger partial charge in [0.2, 0.25) is 0 Å². The Morgan fingerprint density at radius 1 is 1.42 bits per heavy atom. The van der Waals surface area contributed by atoms with E-state index < -0.39 is 0 Å². The van der Waals surface area contributed by atoms with Crippen LogP contribution in [0.25, 0.3) is 0 Å². The first kappa shape index (κ1) is 18.8. The number of aromatic nitrogens is 1. The number of likely N-dealkylation sites (tertiary alicyclic amines) is 1. The number of nitrogens with zero attached hydrogens (tertiary/aromatic N) is 1. The molecule has 1 aliphatic rings. The van der Waals surface area contributed by atoms with Gasteiger partial charge in [-0.05, 0) is 52.6 Å². The summed E-state index contributed by atoms with van der Waals surface area (Å²) in [6.07, 6.45) is 1.97. The number of carbonyl (C=O) groups excluding carboxylic acids is 2. The van der Waals surface area contributed by atoms with Gasteiger partial charge in [-0.15, -0.1) is 0 Å². The number of hydrogen-bond donors (Lipinski definition) is 2. The van der Waals surface area contributed by atoms with E-state index >= 15 is 0 Å². The van der Waals surface area contributed by atoms with E-state index in [0.717, 1.165) is 30.6 Å². The molecule has 0 aliphatic carbocycles. The summed E-state index contributed by atoms with van der Waals surface area (Å²) in [5, 5.41) is 8.89. The highest BCUT2D eigenvalue weighted by Crippen LogP contribution is 2.23. The van der Waals surface area contributed by atoms with Crippen LogP contribution >= 0.6 is 0 Å². The summed E-state index contributed by atoms with van der Waals surface area (Å²) in [5.74, 6) is -0.0192. The molecule has 2 atom stereocenters. The zero-order chi connectivity index (χ0) is 17.9. The fourth-order valence-electron chi connectivity index (χ4n) is 3.57. The first-order valence-corrected chi connectivity index (χ1v) is 8.57. The maximum absolute atomic E-state index is 12.9. The van der Waals surface area contributed by atoms with Crippen LogP contribution in [0.4, 0.5) is 0 Å². The molecule has 2 N–H and O–H groups in total. The molecular weight excluding hydrogens is 308 g/mol. The molecule has 2 heterocycles. The second-order valence-corrected chi connectivity index (χ2v) is 6.57. The van der Waals surface area contributed by atoms with E-state index in [1.54, 1.807) is 0 Å². The molecule has 0 saturated carbocycles. The van der Waals surface area contributed by atoms with E-state index in [9.17, 15) is 9.59 Å². The molecule has 1 fully saturated rings. The SMILES string of the molecule is CC(=O)c1c(C)[nH]c(C(=O)C(C)N2CCCC(OCCO)C2)c1C. The average molecular weight is 336 g/mol. The molecule has 2 rings (SSSR count). The maximum Gasteiger partial charge on any atom is 0.196 e. The molecule has 6 nitrogen and oxygen atoms in total. The highest BCUT2D eigenvalue weighted by molar-refractivity contribution is 6.05. The number of piperidine rings is 1. The predicted octanol–water partition coefficient (Wildman–Crippen LogP) is 1.88. The highest BCUT2D eigenvalue weighted by atomic mass is 16.5. The van der Waals surface area contributed by atoms with Crippen molar-refractivity contribution in [1.82, 2.24) is 9.88 Å². The van der Waals surface area contributed by atoms with Crippen molar-refractivity contribution in [3.63, 3.8) is 0 Å². The van der Waals surface area contributed by atoms with Gasteiger partial charge < -0.3 is 14.8 Å². The lowest BCUT2D eigenvalue weighted by Gasteiger charge is -2.35. The summed E-state index contributed by atoms with van der Waals surface area (Å²) >= 11 is 0. The van der Waals surface area contributed by atoms with Gasteiger partial charge in [-0.25, -0.2) is 0 Å². The number of aliphatic hydroxyl groups is 1. The van der Waals surface area contributed by atoms with Crippen molar-refractivity contribution in [3.05, 3.63) is 22.5 Å². The molecule has 24 heavy (non-hydrogen) atoms. The van der Waals surface area contributed by atoms with Gasteiger partial charge in [0, 0.05) is 17.8 Å². The lowest BCUT2D eigenvalue weighted by atomic mass is 10.00. The number of nitrogens with one attached hydrogen (secondary N) is 1. The number of hydrogen-bond acceptors (Lipinski definition) is 5. The van der Waals surface area contributed by atoms with Crippen LogP contribution in [0.3, 0.4) is 0 Å². The van der Waals surface area contributed by atoms with E-state index in [1.807, 2.05) is 20.8 Å². The Balaban J connectivity index is 2.12. The minimum Gasteiger partial charge on any atom is -0.394 e. The smallest absolute Gasteiger partial charge is 0.196 e. The second-order valence-electron chi connectivity index (χ2n) is 6.57. The lowest BCUT2D eigenvalue weighted by molar-refractivity contribution is -0.0207. The van der Waals surface area contributed by atoms with E-state index in [2.05, 4.69) is 9.88 Å². The minimum absolute atomic E-state index is 0.00547. The Morgan fingerprint density at radius 3 is 2.71 bits per heavy atom. The molecular formula is C18H28N2O4. The first-order valence-electron chi connectivity index (χ1n) is 8.57. The third-order valence-electron chi connectivity index (χ3n) is 4.82. The molecule has 0 amide bonds. The van der Waals surface area contributed by atoms with Crippen molar-refractivity contribution >= 4 is 11.6 Å². The largest absolute Gasteiger partial charge is 0.394 e. The predicted molar refractivity (Wildman–Crippen MR) is 91.7 cm³/mol. The van der Waals surface area contributed by atoms with Crippen LogP contribution in [0, 0.1) is 13.8 Å². The van der Waals surface area contributed by atoms with E-state index in [4.69, 9.17) is 9.84 Å². The molecule has 134 valence electrons. The number of H-pyrrole nitrogens is 1. The summed E-state index contributed by atoms with van der Waals surface area (Å²) in [6.45, 7) is 8.95. The number of aromatic amines is 1. The van der Waals surface area contributed by atoms with Crippen LogP contribution in [-0.2, 0) is 4.74 Å². The fourth-order valence-corrected chi connectivity index (χ4v) is 3.57. The molecule has 1 aromatic rings. The molecule has 1 saturated heterocycles. The zero-order valence-corrected chi connectivity index (χ0v) is 15.0. The summed E-state index contributed by atoms with van der Waals surface area (Å²) in [6, 6.07) is -0.276. The lowest BCUT2D eigenvalue weighted by Crippen LogP contribution is -2.47. The Morgan fingerprint density at radius 2 is 2.12 bits per heavy atom. The van der Waals surface area contributed by atoms with Crippen LogP contribution in [0.5, 0.6) is 0 Å². The fraction of sp³-hybridized carbons (Fsp3) is 0.667. The van der Waals surface area contributed by atoms with Gasteiger partial charge in [0.15, 0.2) is 11.6 Å². The molecule has 6 heteroatoms. The number of ketones is 2. The van der Waals surface area contributed by atoms with Gasteiger partial charge in [0.1, 0.15) is 0 Å². The van der Waals surface area contributed by atoms with Gasteiger partial charge in [0.05, 0.1) is 31.1 Å². The molecule has 1 aromatic heterocycles. The van der Waals surface area contributed by atoms with Crippen molar-refractivity contribution in [1.29, 1.82) is 0 Å². The standard InChI is InChI=1S/C18H28N2O4/c1-11-16(14(4)22)12(2)19-17(11)18(23)13(3)20-7-5-6-15(10-20)24-9-8-21/h13,15,19,21H,5-10H2,1-4H3. The van der Waals surface area contributed by atoms with Gasteiger partial charge >= 0.3 is 0 Å². The van der Waals surface area contributed by atoms with Crippen LogP contribution in [0.1, 0.15) is 58.8 Å². The van der Waals surface area contributed by atoms with Crippen LogP contribution < -0.4 is 0 Å². The third-order valence-corrected chi connectivity index (χ3v) is 4.82. The zero-order valence-electron chi connectivity index (χ0n) is 15.0. The van der Waals surface area contributed by atoms with Crippen molar-refractivity contribution in [3.8, 4) is 0 Å².